The van der Waals surface area contributed by atoms with Gasteiger partial charge in [0.15, 0.2) is 0 Å². The molecule has 2 heteroatoms. The van der Waals surface area contributed by atoms with Gasteiger partial charge >= 0.3 is 5.97 Å². The molecule has 0 N–H and O–H groups in total. The molecule has 0 atom stereocenters. The number of carbonyl (C=O) groups excluding carboxylic acids is 1. The number of benzene rings is 1. The van der Waals surface area contributed by atoms with Crippen molar-refractivity contribution in [2.24, 2.45) is 0 Å². The van der Waals surface area contributed by atoms with E-state index in [2.05, 4.69) is 25.1 Å². The van der Waals surface area contributed by atoms with Gasteiger partial charge in [-0.2, -0.15) is 0 Å². The third-order valence-electron chi connectivity index (χ3n) is 4.54. The molecule has 0 bridgehead atoms. The molecule has 25 heavy (non-hydrogen) atoms. The molecule has 1 rings (SSSR count). The lowest BCUT2D eigenvalue weighted by Gasteiger charge is -2.06. The van der Waals surface area contributed by atoms with Gasteiger partial charge in [-0.3, -0.25) is 0 Å². The van der Waals surface area contributed by atoms with Gasteiger partial charge in [-0.15, -0.1) is 0 Å². The highest BCUT2D eigenvalue weighted by Crippen LogP contribution is 2.16. The van der Waals surface area contributed by atoms with Crippen molar-refractivity contribution in [3.05, 3.63) is 41.5 Å². The molecule has 0 aliphatic rings. The van der Waals surface area contributed by atoms with Crippen LogP contribution in [0.1, 0.15) is 89.2 Å². The van der Waals surface area contributed by atoms with Crippen LogP contribution in [0, 0.1) is 0 Å². The van der Waals surface area contributed by atoms with Crippen LogP contribution in [0.5, 0.6) is 0 Å². The van der Waals surface area contributed by atoms with Gasteiger partial charge in [0, 0.05) is 6.08 Å². The summed E-state index contributed by atoms with van der Waals surface area (Å²) in [5.41, 5.74) is 2.45. The van der Waals surface area contributed by atoms with Crippen LogP contribution in [-0.4, -0.2) is 12.6 Å². The van der Waals surface area contributed by atoms with Crippen molar-refractivity contribution in [1.82, 2.24) is 0 Å². The first-order valence-electron chi connectivity index (χ1n) is 10.2. The van der Waals surface area contributed by atoms with Gasteiger partial charge < -0.3 is 4.74 Å². The SMILES string of the molecule is CCCCCCCCCCCCc1ccccc1C=CC(=O)OCC. The fourth-order valence-electron chi connectivity index (χ4n) is 3.08. The molecule has 1 aromatic carbocycles. The van der Waals surface area contributed by atoms with Crippen molar-refractivity contribution < 1.29 is 9.53 Å². The molecule has 0 amide bonds. The van der Waals surface area contributed by atoms with E-state index < -0.39 is 0 Å². The second-order valence-electron chi connectivity index (χ2n) is 6.72. The minimum Gasteiger partial charge on any atom is -0.463 e. The first-order chi connectivity index (χ1) is 12.3. The van der Waals surface area contributed by atoms with E-state index in [1.54, 1.807) is 0 Å². The highest BCUT2D eigenvalue weighted by atomic mass is 16.5. The summed E-state index contributed by atoms with van der Waals surface area (Å²) >= 11 is 0. The van der Waals surface area contributed by atoms with E-state index >= 15 is 0 Å². The molecule has 0 saturated heterocycles. The van der Waals surface area contributed by atoms with Crippen molar-refractivity contribution in [3.8, 4) is 0 Å². The van der Waals surface area contributed by atoms with E-state index in [1.165, 1.54) is 75.8 Å². The van der Waals surface area contributed by atoms with Crippen molar-refractivity contribution in [1.29, 1.82) is 0 Å². The first kappa shape index (κ1) is 21.5. The Morgan fingerprint density at radius 1 is 0.880 bits per heavy atom. The van der Waals surface area contributed by atoms with Crippen LogP contribution in [0.2, 0.25) is 0 Å². The first-order valence-corrected chi connectivity index (χ1v) is 10.2. The summed E-state index contributed by atoms with van der Waals surface area (Å²) in [6.07, 6.45) is 18.1. The Morgan fingerprint density at radius 2 is 1.48 bits per heavy atom. The van der Waals surface area contributed by atoms with E-state index in [-0.39, 0.29) is 5.97 Å². The zero-order valence-electron chi connectivity index (χ0n) is 16.3. The van der Waals surface area contributed by atoms with Gasteiger partial charge in [-0.25, -0.2) is 4.79 Å². The number of ether oxygens (including phenoxy) is 1. The molecular formula is C23H36O2. The topological polar surface area (TPSA) is 26.3 Å². The van der Waals surface area contributed by atoms with Crippen LogP contribution >= 0.6 is 0 Å². The summed E-state index contributed by atoms with van der Waals surface area (Å²) in [5, 5.41) is 0. The maximum absolute atomic E-state index is 11.5. The Kier molecular flexibility index (Phi) is 12.7. The standard InChI is InChI=1S/C23H36O2/c1-3-5-6-7-8-9-10-11-12-13-16-21-17-14-15-18-22(21)19-20-23(24)25-4-2/h14-15,17-20H,3-13,16H2,1-2H3. The van der Waals surface area contributed by atoms with E-state index in [1.807, 2.05) is 19.1 Å². The smallest absolute Gasteiger partial charge is 0.330 e. The summed E-state index contributed by atoms with van der Waals surface area (Å²) in [7, 11) is 0. The number of rotatable bonds is 14. The lowest BCUT2D eigenvalue weighted by Crippen LogP contribution is -1.99. The number of hydrogen-bond donors (Lipinski definition) is 0. The molecule has 2 nitrogen and oxygen atoms in total. The molecule has 0 radical (unpaired) electrons. The average Bonchev–Trinajstić information content (AvgIpc) is 2.62. The Hall–Kier alpha value is -1.57. The number of hydrogen-bond acceptors (Lipinski definition) is 2. The summed E-state index contributed by atoms with van der Waals surface area (Å²) in [6, 6.07) is 8.33. The van der Waals surface area contributed by atoms with E-state index in [4.69, 9.17) is 4.74 Å². The molecular weight excluding hydrogens is 308 g/mol. The summed E-state index contributed by atoms with van der Waals surface area (Å²) < 4.78 is 4.94. The van der Waals surface area contributed by atoms with Crippen LogP contribution in [0.15, 0.2) is 30.3 Å². The molecule has 0 aliphatic carbocycles. The fraction of sp³-hybridized carbons (Fsp3) is 0.609. The van der Waals surface area contributed by atoms with Gasteiger partial charge in [-0.1, -0.05) is 89.0 Å². The normalized spacial score (nSPS) is 11.1. The van der Waals surface area contributed by atoms with Gasteiger partial charge in [0.25, 0.3) is 0 Å². The van der Waals surface area contributed by atoms with Crippen LogP contribution < -0.4 is 0 Å². The number of carbonyl (C=O) groups is 1. The highest BCUT2D eigenvalue weighted by molar-refractivity contribution is 5.87. The Balaban J connectivity index is 2.21. The summed E-state index contributed by atoms with van der Waals surface area (Å²) in [4.78, 5) is 11.5. The van der Waals surface area contributed by atoms with E-state index in [0.717, 1.165) is 12.0 Å². The average molecular weight is 345 g/mol. The highest BCUT2D eigenvalue weighted by Gasteiger charge is 2.01. The molecule has 0 heterocycles. The minimum atomic E-state index is -0.267. The van der Waals surface area contributed by atoms with Crippen LogP contribution in [0.3, 0.4) is 0 Å². The maximum atomic E-state index is 11.5. The molecule has 0 aromatic heterocycles. The predicted molar refractivity (Wildman–Crippen MR) is 108 cm³/mol. The Bertz CT molecular complexity index is 491. The van der Waals surface area contributed by atoms with Crippen molar-refractivity contribution >= 4 is 12.0 Å². The molecule has 0 fully saturated rings. The number of aryl methyl sites for hydroxylation is 1. The van der Waals surface area contributed by atoms with Crippen molar-refractivity contribution in [3.63, 3.8) is 0 Å². The monoisotopic (exact) mass is 344 g/mol. The Morgan fingerprint density at radius 3 is 2.12 bits per heavy atom. The number of esters is 1. The largest absolute Gasteiger partial charge is 0.463 e. The summed E-state index contributed by atoms with van der Waals surface area (Å²) in [6.45, 7) is 4.51. The number of unbranched alkanes of at least 4 members (excludes halogenated alkanes) is 9. The summed E-state index contributed by atoms with van der Waals surface area (Å²) in [5.74, 6) is -0.267. The van der Waals surface area contributed by atoms with Gasteiger partial charge in [0.2, 0.25) is 0 Å². The second-order valence-corrected chi connectivity index (χ2v) is 6.72. The van der Waals surface area contributed by atoms with E-state index in [9.17, 15) is 4.79 Å². The molecule has 0 aliphatic heterocycles. The fourth-order valence-corrected chi connectivity index (χ4v) is 3.08. The molecule has 0 spiro atoms. The molecule has 140 valence electrons. The molecule has 1 aromatic rings. The quantitative estimate of drug-likeness (QED) is 0.212. The Labute approximate surface area is 154 Å². The van der Waals surface area contributed by atoms with Gasteiger partial charge in [0.05, 0.1) is 6.61 Å². The third kappa shape index (κ3) is 10.8. The van der Waals surface area contributed by atoms with Crippen LogP contribution in [-0.2, 0) is 16.0 Å². The predicted octanol–water partition coefficient (Wildman–Crippen LogP) is 6.73. The zero-order chi connectivity index (χ0) is 18.2. The van der Waals surface area contributed by atoms with Crippen molar-refractivity contribution in [2.45, 2.75) is 84.5 Å². The second kappa shape index (κ2) is 14.7. The van der Waals surface area contributed by atoms with Crippen molar-refractivity contribution in [2.75, 3.05) is 6.61 Å². The van der Waals surface area contributed by atoms with Crippen LogP contribution in [0.25, 0.3) is 6.08 Å². The van der Waals surface area contributed by atoms with Crippen LogP contribution in [0.4, 0.5) is 0 Å². The minimum absolute atomic E-state index is 0.267. The third-order valence-corrected chi connectivity index (χ3v) is 4.54. The molecule has 0 saturated carbocycles. The van der Waals surface area contributed by atoms with Gasteiger partial charge in [0.1, 0.15) is 0 Å². The zero-order valence-corrected chi connectivity index (χ0v) is 16.3. The van der Waals surface area contributed by atoms with Gasteiger partial charge in [-0.05, 0) is 37.0 Å². The lowest BCUT2D eigenvalue weighted by atomic mass is 10.00. The van der Waals surface area contributed by atoms with E-state index in [0.29, 0.717) is 6.61 Å². The lowest BCUT2D eigenvalue weighted by molar-refractivity contribution is -0.137. The maximum Gasteiger partial charge on any atom is 0.330 e. The molecule has 0 unspecified atom stereocenters.